The lowest BCUT2D eigenvalue weighted by Crippen LogP contribution is -2.42. The number of amides is 3. The summed E-state index contributed by atoms with van der Waals surface area (Å²) < 4.78 is 18.2. The van der Waals surface area contributed by atoms with Crippen LogP contribution in [0.25, 0.3) is 0 Å². The molecule has 12 heteroatoms. The average molecular weight is 697 g/mol. The van der Waals surface area contributed by atoms with E-state index >= 15 is 0 Å². The summed E-state index contributed by atoms with van der Waals surface area (Å²) in [4.78, 5) is 52.0. The van der Waals surface area contributed by atoms with Crippen LogP contribution in [0.4, 0.5) is 10.5 Å². The van der Waals surface area contributed by atoms with Gasteiger partial charge in [0.1, 0.15) is 12.6 Å². The molecule has 0 aliphatic carbocycles. The van der Waals surface area contributed by atoms with E-state index < -0.39 is 42.3 Å². The van der Waals surface area contributed by atoms with Crippen LogP contribution in [-0.2, 0) is 37.0 Å². The van der Waals surface area contributed by atoms with Gasteiger partial charge in [-0.2, -0.15) is 0 Å². The molecule has 50 heavy (non-hydrogen) atoms. The van der Waals surface area contributed by atoms with E-state index in [2.05, 4.69) is 5.32 Å². The van der Waals surface area contributed by atoms with Gasteiger partial charge in [-0.3, -0.25) is 9.59 Å². The summed E-state index contributed by atoms with van der Waals surface area (Å²) in [6, 6.07) is 29.1. The highest BCUT2D eigenvalue weighted by atomic mass is 32.2. The Morgan fingerprint density at radius 2 is 1.56 bits per heavy atom. The van der Waals surface area contributed by atoms with E-state index in [1.165, 1.54) is 11.8 Å². The van der Waals surface area contributed by atoms with Crippen molar-refractivity contribution in [2.24, 2.45) is 5.92 Å². The Kier molecular flexibility index (Phi) is 10.9. The van der Waals surface area contributed by atoms with E-state index in [0.29, 0.717) is 21.9 Å². The molecule has 5 atom stereocenters. The molecule has 2 aliphatic rings. The van der Waals surface area contributed by atoms with E-state index in [9.17, 15) is 29.4 Å². The third-order valence-corrected chi connectivity index (χ3v) is 9.88. The van der Waals surface area contributed by atoms with Crippen LogP contribution in [0.5, 0.6) is 0 Å². The lowest BCUT2D eigenvalue weighted by molar-refractivity contribution is -0.268. The molecule has 2 fully saturated rings. The van der Waals surface area contributed by atoms with Gasteiger partial charge < -0.3 is 29.7 Å². The number of carbonyl (C=O) groups excluding carboxylic acids is 3. The maximum Gasteiger partial charge on any atom is 0.408 e. The first-order valence-corrected chi connectivity index (χ1v) is 17.1. The number of hydrogen-bond donors (Lipinski definition) is 3. The maximum absolute atomic E-state index is 13.2. The van der Waals surface area contributed by atoms with Crippen LogP contribution in [0, 0.1) is 5.92 Å². The van der Waals surface area contributed by atoms with Crippen molar-refractivity contribution < 1.29 is 43.6 Å². The van der Waals surface area contributed by atoms with Gasteiger partial charge in [0.05, 0.1) is 36.5 Å². The second kappa shape index (κ2) is 15.7. The number of alkyl carbamates (subject to hydrolysis) is 1. The van der Waals surface area contributed by atoms with Crippen molar-refractivity contribution in [3.8, 4) is 0 Å². The number of ether oxygens (including phenoxy) is 3. The molecule has 4 aromatic carbocycles. The zero-order valence-corrected chi connectivity index (χ0v) is 28.0. The fraction of sp³-hybridized carbons (Fsp3) is 0.263. The molecule has 0 radical (unpaired) electrons. The number of anilines is 1. The predicted octanol–water partition coefficient (Wildman–Crippen LogP) is 6.02. The number of aliphatic hydroxyl groups is 1. The zero-order valence-electron chi connectivity index (χ0n) is 27.1. The number of hydrogen-bond acceptors (Lipinski definition) is 9. The Hall–Kier alpha value is -5.01. The molecule has 0 spiro atoms. The predicted molar refractivity (Wildman–Crippen MR) is 184 cm³/mol. The second-order valence-electron chi connectivity index (χ2n) is 12.1. The summed E-state index contributed by atoms with van der Waals surface area (Å²) in [5, 5.41) is 21.7. The van der Waals surface area contributed by atoms with Crippen LogP contribution in [0.1, 0.15) is 58.4 Å². The Bertz CT molecular complexity index is 1840. The number of carboxylic acid groups (broad SMARTS) is 1. The highest BCUT2D eigenvalue weighted by molar-refractivity contribution is 7.99. The van der Waals surface area contributed by atoms with Gasteiger partial charge in [0.15, 0.2) is 6.29 Å². The van der Waals surface area contributed by atoms with Crippen molar-refractivity contribution in [2.45, 2.75) is 56.0 Å². The molecule has 258 valence electrons. The van der Waals surface area contributed by atoms with Crippen LogP contribution >= 0.6 is 11.8 Å². The first-order chi connectivity index (χ1) is 24.2. The summed E-state index contributed by atoms with van der Waals surface area (Å²) >= 11 is 1.40. The molecule has 2 aliphatic heterocycles. The van der Waals surface area contributed by atoms with Gasteiger partial charge in [0.2, 0.25) is 5.91 Å². The molecule has 2 heterocycles. The summed E-state index contributed by atoms with van der Waals surface area (Å²) in [7, 11) is 0. The molecule has 0 saturated carbocycles. The normalized spacial score (nSPS) is 22.0. The molecule has 0 bridgehead atoms. The van der Waals surface area contributed by atoms with Crippen molar-refractivity contribution in [2.75, 3.05) is 10.7 Å². The van der Waals surface area contributed by atoms with E-state index in [4.69, 9.17) is 14.2 Å². The number of imide groups is 1. The van der Waals surface area contributed by atoms with Crippen molar-refractivity contribution in [3.05, 3.63) is 131 Å². The Morgan fingerprint density at radius 3 is 2.26 bits per heavy atom. The first kappa shape index (κ1) is 34.8. The molecule has 3 amide bonds. The number of thioether (sulfide) groups is 1. The molecule has 0 aromatic heterocycles. The molecule has 1 unspecified atom stereocenters. The average Bonchev–Trinajstić information content (AvgIpc) is 3.42. The second-order valence-corrected chi connectivity index (χ2v) is 13.1. The molecule has 4 aromatic rings. The Labute approximate surface area is 293 Å². The number of aliphatic hydroxyl groups excluding tert-OH is 1. The Balaban J connectivity index is 1.16. The molecule has 6 rings (SSSR count). The van der Waals surface area contributed by atoms with Gasteiger partial charge in [-0.25, -0.2) is 14.5 Å². The number of aromatic carboxylic acids is 1. The maximum atomic E-state index is 13.2. The van der Waals surface area contributed by atoms with Crippen LogP contribution in [0.2, 0.25) is 0 Å². The number of carboxylic acids is 1. The minimum Gasteiger partial charge on any atom is -0.478 e. The highest BCUT2D eigenvalue weighted by Crippen LogP contribution is 2.43. The summed E-state index contributed by atoms with van der Waals surface area (Å²) in [6.07, 6.45) is -2.55. The first-order valence-electron chi connectivity index (χ1n) is 16.1. The smallest absolute Gasteiger partial charge is 0.408 e. The topological polar surface area (TPSA) is 152 Å². The van der Waals surface area contributed by atoms with Crippen LogP contribution in [-0.4, -0.2) is 52.0 Å². The molecule has 11 nitrogen and oxygen atoms in total. The van der Waals surface area contributed by atoms with Gasteiger partial charge in [-0.05, 0) is 41.0 Å². The van der Waals surface area contributed by atoms with E-state index in [-0.39, 0.29) is 37.2 Å². The monoisotopic (exact) mass is 696 g/mol. The molecular formula is C38H36N2O9S. The van der Waals surface area contributed by atoms with Crippen molar-refractivity contribution >= 4 is 41.3 Å². The van der Waals surface area contributed by atoms with Crippen molar-refractivity contribution in [1.29, 1.82) is 0 Å². The highest BCUT2D eigenvalue weighted by Gasteiger charge is 2.42. The number of benzene rings is 4. The summed E-state index contributed by atoms with van der Waals surface area (Å²) in [5.74, 6) is -1.70. The lowest BCUT2D eigenvalue weighted by Gasteiger charge is -2.41. The van der Waals surface area contributed by atoms with Gasteiger partial charge in [-0.1, -0.05) is 85.8 Å². The minimum absolute atomic E-state index is 0.0286. The number of rotatable bonds is 11. The molecule has 2 saturated heterocycles. The standard InChI is InChI=1S/C38H36N2O9S/c1-23-31(22-50-32-10-6-5-9-29(32)36(44)45)48-37(49-34(23)26-13-11-24(20-41)12-14-26)27-15-17-28(18-16-27)40-33(42)19-30(35(40)43)39-38(46)47-21-25-7-3-2-4-8-25/h2-18,23,30-31,34,37,41H,19-22H2,1H3,(H,39,46)(H,44,45)/t23-,30?,31+,34+,37+/m0/s1. The number of nitrogens with zero attached hydrogens (tertiary/aromatic N) is 1. The number of nitrogens with one attached hydrogen (secondary N) is 1. The SMILES string of the molecule is C[C@H]1[C@@H](CSc2ccccc2C(=O)O)O[C@@H](c2ccc(N3C(=O)CC(NC(=O)OCc4ccccc4)C3=O)cc2)O[C@H]1c1ccc(CO)cc1. The van der Waals surface area contributed by atoms with E-state index in [1.807, 2.05) is 61.5 Å². The van der Waals surface area contributed by atoms with E-state index in [0.717, 1.165) is 21.6 Å². The fourth-order valence-electron chi connectivity index (χ4n) is 5.95. The van der Waals surface area contributed by atoms with Crippen LogP contribution < -0.4 is 10.2 Å². The zero-order chi connectivity index (χ0) is 35.2. The minimum atomic E-state index is -1.06. The number of carbonyl (C=O) groups is 4. The third-order valence-electron chi connectivity index (χ3n) is 8.72. The van der Waals surface area contributed by atoms with Gasteiger partial charge in [-0.15, -0.1) is 11.8 Å². The van der Waals surface area contributed by atoms with Crippen LogP contribution in [0.3, 0.4) is 0 Å². The summed E-state index contributed by atoms with van der Waals surface area (Å²) in [5.41, 5.74) is 3.66. The van der Waals surface area contributed by atoms with Crippen LogP contribution in [0.15, 0.2) is 108 Å². The molecular weight excluding hydrogens is 660 g/mol. The van der Waals surface area contributed by atoms with E-state index in [1.54, 1.807) is 48.5 Å². The molecule has 3 N–H and O–H groups in total. The van der Waals surface area contributed by atoms with Gasteiger partial charge in [0, 0.05) is 22.1 Å². The summed E-state index contributed by atoms with van der Waals surface area (Å²) in [6.45, 7) is 1.96. The fourth-order valence-corrected chi connectivity index (χ4v) is 7.17. The third kappa shape index (κ3) is 7.89. The van der Waals surface area contributed by atoms with Gasteiger partial charge in [0.25, 0.3) is 5.91 Å². The Morgan fingerprint density at radius 1 is 0.880 bits per heavy atom. The van der Waals surface area contributed by atoms with Crippen molar-refractivity contribution in [1.82, 2.24) is 5.32 Å². The largest absolute Gasteiger partial charge is 0.478 e. The van der Waals surface area contributed by atoms with Crippen molar-refractivity contribution in [3.63, 3.8) is 0 Å². The quantitative estimate of drug-likeness (QED) is 0.125. The lowest BCUT2D eigenvalue weighted by atomic mass is 9.91. The van der Waals surface area contributed by atoms with Gasteiger partial charge >= 0.3 is 12.1 Å².